The van der Waals surface area contributed by atoms with Crippen molar-refractivity contribution < 1.29 is 14.3 Å². The highest BCUT2D eigenvalue weighted by molar-refractivity contribution is 7.08. The molecule has 29 heavy (non-hydrogen) atoms. The maximum atomic E-state index is 11.3. The van der Waals surface area contributed by atoms with E-state index in [1.807, 2.05) is 18.2 Å². The third-order valence-electron chi connectivity index (χ3n) is 4.72. The molecule has 0 radical (unpaired) electrons. The Bertz CT molecular complexity index is 1120. The lowest BCUT2D eigenvalue weighted by Crippen LogP contribution is -2.04. The van der Waals surface area contributed by atoms with Gasteiger partial charge in [0.15, 0.2) is 0 Å². The Kier molecular flexibility index (Phi) is 5.62. The zero-order valence-electron chi connectivity index (χ0n) is 16.4. The molecule has 5 nitrogen and oxygen atoms in total. The minimum absolute atomic E-state index is 0.220. The molecule has 0 unspecified atom stereocenters. The predicted molar refractivity (Wildman–Crippen MR) is 116 cm³/mol. The van der Waals surface area contributed by atoms with Gasteiger partial charge in [0.2, 0.25) is 0 Å². The Morgan fingerprint density at radius 2 is 1.97 bits per heavy atom. The molecular weight excluding hydrogens is 384 g/mol. The highest BCUT2D eigenvalue weighted by Crippen LogP contribution is 2.32. The molecule has 4 rings (SSSR count). The summed E-state index contributed by atoms with van der Waals surface area (Å²) in [4.78, 5) is 16.1. The van der Waals surface area contributed by atoms with Crippen LogP contribution in [0.4, 0.5) is 0 Å². The third-order valence-corrected chi connectivity index (χ3v) is 5.40. The summed E-state index contributed by atoms with van der Waals surface area (Å²) in [6, 6.07) is 16.4. The van der Waals surface area contributed by atoms with Gasteiger partial charge in [0, 0.05) is 29.1 Å². The molecule has 2 aromatic carbocycles. The molecule has 2 heterocycles. The van der Waals surface area contributed by atoms with E-state index in [0.717, 1.165) is 33.9 Å². The van der Waals surface area contributed by atoms with E-state index in [9.17, 15) is 4.79 Å². The maximum Gasteiger partial charge on any atom is 0.305 e. The molecule has 0 N–H and O–H groups in total. The lowest BCUT2D eigenvalue weighted by atomic mass is 10.2. The predicted octanol–water partition coefficient (Wildman–Crippen LogP) is 5.39. The molecule has 6 heteroatoms. The van der Waals surface area contributed by atoms with Crippen LogP contribution in [0.15, 0.2) is 59.3 Å². The lowest BCUT2D eigenvalue weighted by molar-refractivity contribution is -0.140. The van der Waals surface area contributed by atoms with Crippen molar-refractivity contribution >= 4 is 28.3 Å². The summed E-state index contributed by atoms with van der Waals surface area (Å²) in [6.07, 6.45) is 0.963. The van der Waals surface area contributed by atoms with Crippen LogP contribution in [0, 0.1) is 6.92 Å². The zero-order chi connectivity index (χ0) is 20.2. The first-order valence-corrected chi connectivity index (χ1v) is 10.4. The number of fused-ring (bicyclic) bond motifs is 1. The van der Waals surface area contributed by atoms with Gasteiger partial charge in [-0.15, -0.1) is 0 Å². The van der Waals surface area contributed by atoms with Crippen LogP contribution in [-0.2, 0) is 9.53 Å². The van der Waals surface area contributed by atoms with Crippen LogP contribution in [0.3, 0.4) is 0 Å². The van der Waals surface area contributed by atoms with E-state index in [4.69, 9.17) is 9.72 Å². The number of imidazole rings is 1. The van der Waals surface area contributed by atoms with Crippen LogP contribution in [-0.4, -0.2) is 29.2 Å². The van der Waals surface area contributed by atoms with Gasteiger partial charge in [0.05, 0.1) is 24.8 Å². The Morgan fingerprint density at radius 1 is 1.14 bits per heavy atom. The second-order valence-corrected chi connectivity index (χ2v) is 7.58. The smallest absolute Gasteiger partial charge is 0.305 e. The molecular formula is C23H22N2O3S. The summed E-state index contributed by atoms with van der Waals surface area (Å²) in [6.45, 7) is 2.53. The molecule has 0 saturated carbocycles. The molecule has 0 saturated heterocycles. The molecule has 0 amide bonds. The minimum Gasteiger partial charge on any atom is -0.494 e. The van der Waals surface area contributed by atoms with E-state index in [-0.39, 0.29) is 5.97 Å². The fraction of sp³-hybridized carbons (Fsp3) is 0.217. The number of esters is 1. The second-order valence-electron chi connectivity index (χ2n) is 6.80. The van der Waals surface area contributed by atoms with E-state index in [2.05, 4.69) is 57.3 Å². The summed E-state index contributed by atoms with van der Waals surface area (Å²) in [5, 5.41) is 4.17. The van der Waals surface area contributed by atoms with Crippen molar-refractivity contribution in [2.24, 2.45) is 0 Å². The number of ether oxygens (including phenoxy) is 2. The van der Waals surface area contributed by atoms with Crippen molar-refractivity contribution in [1.29, 1.82) is 0 Å². The van der Waals surface area contributed by atoms with Gasteiger partial charge in [0.25, 0.3) is 0 Å². The Hall–Kier alpha value is -3.12. The SMILES string of the molecule is COC(=O)CCCOc1ccc2nc(-c3ccsc3)n(-c3ccc(C)cc3)c2c1. The average Bonchev–Trinajstić information content (AvgIpc) is 3.39. The maximum absolute atomic E-state index is 11.3. The monoisotopic (exact) mass is 406 g/mol. The number of benzene rings is 2. The molecule has 0 aliphatic heterocycles. The minimum atomic E-state index is -0.220. The molecule has 4 aromatic rings. The van der Waals surface area contributed by atoms with Crippen LogP contribution in [0.2, 0.25) is 0 Å². The fourth-order valence-electron chi connectivity index (χ4n) is 3.19. The fourth-order valence-corrected chi connectivity index (χ4v) is 3.83. The first-order valence-electron chi connectivity index (χ1n) is 9.47. The summed E-state index contributed by atoms with van der Waals surface area (Å²) < 4.78 is 12.7. The van der Waals surface area contributed by atoms with Gasteiger partial charge in [-0.05, 0) is 49.1 Å². The Morgan fingerprint density at radius 3 is 2.69 bits per heavy atom. The van der Waals surface area contributed by atoms with Gasteiger partial charge < -0.3 is 9.47 Å². The molecule has 0 aliphatic carbocycles. The lowest BCUT2D eigenvalue weighted by Gasteiger charge is -2.10. The highest BCUT2D eigenvalue weighted by atomic mass is 32.1. The number of hydrogen-bond donors (Lipinski definition) is 0. The van der Waals surface area contributed by atoms with Crippen LogP contribution in [0.1, 0.15) is 18.4 Å². The van der Waals surface area contributed by atoms with E-state index >= 15 is 0 Å². The van der Waals surface area contributed by atoms with Gasteiger partial charge in [-0.1, -0.05) is 17.7 Å². The van der Waals surface area contributed by atoms with E-state index in [1.54, 1.807) is 11.3 Å². The third kappa shape index (κ3) is 4.17. The van der Waals surface area contributed by atoms with Crippen LogP contribution >= 0.6 is 11.3 Å². The highest BCUT2D eigenvalue weighted by Gasteiger charge is 2.15. The van der Waals surface area contributed by atoms with Gasteiger partial charge in [0.1, 0.15) is 11.6 Å². The summed E-state index contributed by atoms with van der Waals surface area (Å²) >= 11 is 1.66. The number of hydrogen-bond acceptors (Lipinski definition) is 5. The summed E-state index contributed by atoms with van der Waals surface area (Å²) in [5.74, 6) is 1.45. The first kappa shape index (κ1) is 19.2. The number of thiophene rings is 1. The van der Waals surface area contributed by atoms with Gasteiger partial charge in [-0.3, -0.25) is 9.36 Å². The van der Waals surface area contributed by atoms with Crippen molar-refractivity contribution in [3.8, 4) is 22.8 Å². The molecule has 0 bridgehead atoms. The topological polar surface area (TPSA) is 53.4 Å². The van der Waals surface area contributed by atoms with Crippen molar-refractivity contribution in [2.45, 2.75) is 19.8 Å². The van der Waals surface area contributed by atoms with Crippen molar-refractivity contribution in [1.82, 2.24) is 9.55 Å². The van der Waals surface area contributed by atoms with Gasteiger partial charge in [-0.25, -0.2) is 4.98 Å². The number of carbonyl (C=O) groups excluding carboxylic acids is 1. The van der Waals surface area contributed by atoms with Gasteiger partial charge in [-0.2, -0.15) is 11.3 Å². The standard InChI is InChI=1S/C23H22N2O3S/c1-16-5-7-18(8-6-16)25-21-14-19(28-12-3-4-22(26)27-2)9-10-20(21)24-23(25)17-11-13-29-15-17/h5-11,13-15H,3-4,12H2,1-2H3. The summed E-state index contributed by atoms with van der Waals surface area (Å²) in [7, 11) is 1.40. The van der Waals surface area contributed by atoms with Crippen LogP contribution in [0.5, 0.6) is 5.75 Å². The Balaban J connectivity index is 1.70. The van der Waals surface area contributed by atoms with Crippen molar-refractivity contribution in [2.75, 3.05) is 13.7 Å². The number of carbonyl (C=O) groups is 1. The number of aryl methyl sites for hydroxylation is 1. The molecule has 0 atom stereocenters. The molecule has 0 spiro atoms. The average molecular weight is 407 g/mol. The second kappa shape index (κ2) is 8.49. The Labute approximate surface area is 173 Å². The van der Waals surface area contributed by atoms with Crippen molar-refractivity contribution in [3.63, 3.8) is 0 Å². The molecule has 2 aromatic heterocycles. The van der Waals surface area contributed by atoms with E-state index in [0.29, 0.717) is 19.4 Å². The summed E-state index contributed by atoms with van der Waals surface area (Å²) in [5.41, 5.74) is 5.26. The van der Waals surface area contributed by atoms with E-state index < -0.39 is 0 Å². The number of nitrogens with zero attached hydrogens (tertiary/aromatic N) is 2. The van der Waals surface area contributed by atoms with Gasteiger partial charge >= 0.3 is 5.97 Å². The molecule has 0 fully saturated rings. The number of rotatable bonds is 7. The normalized spacial score (nSPS) is 11.0. The molecule has 148 valence electrons. The zero-order valence-corrected chi connectivity index (χ0v) is 17.2. The first-order chi connectivity index (χ1) is 14.2. The quantitative estimate of drug-likeness (QED) is 0.305. The van der Waals surface area contributed by atoms with Crippen LogP contribution < -0.4 is 4.74 Å². The van der Waals surface area contributed by atoms with Crippen LogP contribution in [0.25, 0.3) is 28.1 Å². The van der Waals surface area contributed by atoms with Crippen molar-refractivity contribution in [3.05, 3.63) is 64.9 Å². The van der Waals surface area contributed by atoms with E-state index in [1.165, 1.54) is 12.7 Å². The number of aromatic nitrogens is 2. The number of methoxy groups -OCH3 is 1. The largest absolute Gasteiger partial charge is 0.494 e. The molecule has 0 aliphatic rings.